The average Bonchev–Trinajstić information content (AvgIpc) is 2.52. The van der Waals surface area contributed by atoms with Gasteiger partial charge in [0.15, 0.2) is 0 Å². The summed E-state index contributed by atoms with van der Waals surface area (Å²) in [6, 6.07) is 7.36. The molecule has 3 rings (SSSR count). The Morgan fingerprint density at radius 2 is 1.88 bits per heavy atom. The van der Waals surface area contributed by atoms with E-state index in [0.717, 1.165) is 10.9 Å². The fraction of sp³-hybridized carbons (Fsp3) is 0.471. The van der Waals surface area contributed by atoms with Crippen molar-refractivity contribution in [2.75, 3.05) is 18.0 Å². The second kappa shape index (κ2) is 6.24. The zero-order valence-electron chi connectivity index (χ0n) is 14.1. The number of fused-ring (bicyclic) bond motifs is 1. The van der Waals surface area contributed by atoms with Crippen LogP contribution in [0.5, 0.6) is 0 Å². The standard InChI is InChI=1S/C17H21N3O4/c1-4-19-14-8-6-5-7-13(14)15(16(17(19)21)20(22)23)18-9-11(2)24-12(3)10-18/h5-8,11-12H,4,9-10H2,1-3H3/t11-,12+. The maximum atomic E-state index is 12.7. The van der Waals surface area contributed by atoms with Crippen LogP contribution in [0.3, 0.4) is 0 Å². The van der Waals surface area contributed by atoms with E-state index in [0.29, 0.717) is 25.3 Å². The summed E-state index contributed by atoms with van der Waals surface area (Å²) in [7, 11) is 0. The predicted molar refractivity (Wildman–Crippen MR) is 92.8 cm³/mol. The summed E-state index contributed by atoms with van der Waals surface area (Å²) in [4.78, 5) is 25.8. The third-order valence-electron chi connectivity index (χ3n) is 4.36. The molecule has 7 nitrogen and oxygen atoms in total. The molecule has 0 unspecified atom stereocenters. The third-order valence-corrected chi connectivity index (χ3v) is 4.36. The van der Waals surface area contributed by atoms with Crippen LogP contribution < -0.4 is 10.5 Å². The number of nitrogens with zero attached hydrogens (tertiary/aromatic N) is 3. The van der Waals surface area contributed by atoms with Crippen LogP contribution in [0, 0.1) is 10.1 Å². The number of hydrogen-bond acceptors (Lipinski definition) is 5. The van der Waals surface area contributed by atoms with Gasteiger partial charge in [-0.15, -0.1) is 0 Å². The number of nitro groups is 1. The molecular weight excluding hydrogens is 310 g/mol. The molecule has 0 spiro atoms. The number of aromatic nitrogens is 1. The highest BCUT2D eigenvalue weighted by atomic mass is 16.6. The minimum atomic E-state index is -0.555. The molecule has 2 aromatic rings. The van der Waals surface area contributed by atoms with E-state index in [1.807, 2.05) is 49.9 Å². The van der Waals surface area contributed by atoms with E-state index in [-0.39, 0.29) is 17.9 Å². The Bertz CT molecular complexity index is 836. The summed E-state index contributed by atoms with van der Waals surface area (Å²) in [5.41, 5.74) is 0.226. The smallest absolute Gasteiger partial charge is 0.357 e. The summed E-state index contributed by atoms with van der Waals surface area (Å²) in [6.45, 7) is 7.11. The van der Waals surface area contributed by atoms with Crippen LogP contribution in [-0.2, 0) is 11.3 Å². The zero-order valence-corrected chi connectivity index (χ0v) is 14.1. The third kappa shape index (κ3) is 2.65. The van der Waals surface area contributed by atoms with Gasteiger partial charge >= 0.3 is 11.2 Å². The van der Waals surface area contributed by atoms with E-state index in [1.165, 1.54) is 4.57 Å². The van der Waals surface area contributed by atoms with Crippen molar-refractivity contribution < 1.29 is 9.66 Å². The number of morpholine rings is 1. The molecule has 7 heteroatoms. The van der Waals surface area contributed by atoms with Crippen LogP contribution in [0.4, 0.5) is 11.4 Å². The molecular formula is C17H21N3O4. The van der Waals surface area contributed by atoms with Crippen molar-refractivity contribution in [3.63, 3.8) is 0 Å². The van der Waals surface area contributed by atoms with E-state index in [4.69, 9.17) is 4.74 Å². The minimum absolute atomic E-state index is 0.0549. The van der Waals surface area contributed by atoms with Crippen molar-refractivity contribution in [1.82, 2.24) is 4.57 Å². The Morgan fingerprint density at radius 3 is 2.46 bits per heavy atom. The van der Waals surface area contributed by atoms with Crippen molar-refractivity contribution in [1.29, 1.82) is 0 Å². The Balaban J connectivity index is 2.35. The lowest BCUT2D eigenvalue weighted by Crippen LogP contribution is -2.46. The first-order valence-electron chi connectivity index (χ1n) is 8.14. The monoisotopic (exact) mass is 331 g/mol. The van der Waals surface area contributed by atoms with Crippen molar-refractivity contribution in [2.45, 2.75) is 39.5 Å². The van der Waals surface area contributed by atoms with Crippen LogP contribution in [0.1, 0.15) is 20.8 Å². The summed E-state index contributed by atoms with van der Waals surface area (Å²) < 4.78 is 7.19. The van der Waals surface area contributed by atoms with Gasteiger partial charge < -0.3 is 14.2 Å². The molecule has 1 aromatic heterocycles. The predicted octanol–water partition coefficient (Wildman–Crippen LogP) is 2.54. The van der Waals surface area contributed by atoms with Gasteiger partial charge in [0, 0.05) is 25.0 Å². The SMILES string of the molecule is CCn1c(=O)c([N+](=O)[O-])c(N2C[C@@H](C)O[C@@H](C)C2)c2ccccc21. The first-order chi connectivity index (χ1) is 11.4. The van der Waals surface area contributed by atoms with Crippen molar-refractivity contribution in [2.24, 2.45) is 0 Å². The van der Waals surface area contributed by atoms with E-state index in [2.05, 4.69) is 0 Å². The molecule has 24 heavy (non-hydrogen) atoms. The Kier molecular flexibility index (Phi) is 4.28. The number of para-hydroxylation sites is 1. The number of hydrogen-bond donors (Lipinski definition) is 0. The molecule has 1 fully saturated rings. The number of benzene rings is 1. The van der Waals surface area contributed by atoms with Gasteiger partial charge in [0.1, 0.15) is 5.69 Å². The lowest BCUT2D eigenvalue weighted by atomic mass is 10.1. The largest absolute Gasteiger partial charge is 0.372 e. The van der Waals surface area contributed by atoms with Crippen molar-refractivity contribution >= 4 is 22.3 Å². The number of rotatable bonds is 3. The summed E-state index contributed by atoms with van der Waals surface area (Å²) in [6.07, 6.45) is -0.110. The fourth-order valence-corrected chi connectivity index (χ4v) is 3.53. The van der Waals surface area contributed by atoms with Crippen molar-refractivity contribution in [3.05, 3.63) is 44.7 Å². The first-order valence-corrected chi connectivity index (χ1v) is 8.14. The van der Waals surface area contributed by atoms with Gasteiger partial charge in [-0.25, -0.2) is 0 Å². The Hall–Kier alpha value is -2.41. The highest BCUT2D eigenvalue weighted by molar-refractivity contribution is 5.96. The second-order valence-electron chi connectivity index (χ2n) is 6.18. The van der Waals surface area contributed by atoms with Crippen LogP contribution in [0.15, 0.2) is 29.1 Å². The molecule has 0 amide bonds. The average molecular weight is 331 g/mol. The van der Waals surface area contributed by atoms with Gasteiger partial charge in [0.25, 0.3) is 0 Å². The fourth-order valence-electron chi connectivity index (χ4n) is 3.53. The van der Waals surface area contributed by atoms with Crippen LogP contribution >= 0.6 is 0 Å². The molecule has 0 N–H and O–H groups in total. The van der Waals surface area contributed by atoms with Crippen LogP contribution in [0.25, 0.3) is 10.9 Å². The second-order valence-corrected chi connectivity index (χ2v) is 6.18. The summed E-state index contributed by atoms with van der Waals surface area (Å²) >= 11 is 0. The molecule has 0 bridgehead atoms. The normalized spacial score (nSPS) is 21.2. The molecule has 1 saturated heterocycles. The van der Waals surface area contributed by atoms with Gasteiger partial charge in [-0.3, -0.25) is 14.9 Å². The molecule has 0 saturated carbocycles. The maximum Gasteiger partial charge on any atom is 0.357 e. The molecule has 128 valence electrons. The number of anilines is 1. The molecule has 1 aliphatic rings. The molecule has 2 atom stereocenters. The lowest BCUT2D eigenvalue weighted by molar-refractivity contribution is -0.385. The zero-order chi connectivity index (χ0) is 17.4. The number of pyridine rings is 1. The van der Waals surface area contributed by atoms with Crippen LogP contribution in [-0.4, -0.2) is 34.8 Å². The van der Waals surface area contributed by atoms with Gasteiger partial charge in [-0.05, 0) is 26.8 Å². The van der Waals surface area contributed by atoms with Gasteiger partial charge in [0.05, 0.1) is 22.6 Å². The van der Waals surface area contributed by atoms with E-state index in [9.17, 15) is 14.9 Å². The topological polar surface area (TPSA) is 77.6 Å². The summed E-state index contributed by atoms with van der Waals surface area (Å²) in [5.74, 6) is 0. The molecule has 0 radical (unpaired) electrons. The van der Waals surface area contributed by atoms with E-state index in [1.54, 1.807) is 0 Å². The van der Waals surface area contributed by atoms with E-state index >= 15 is 0 Å². The van der Waals surface area contributed by atoms with Crippen molar-refractivity contribution in [3.8, 4) is 0 Å². The first kappa shape index (κ1) is 16.4. The van der Waals surface area contributed by atoms with Gasteiger partial charge in [-0.1, -0.05) is 18.2 Å². The molecule has 0 aliphatic carbocycles. The quantitative estimate of drug-likeness (QED) is 0.638. The molecule has 1 aromatic carbocycles. The minimum Gasteiger partial charge on any atom is -0.372 e. The van der Waals surface area contributed by atoms with E-state index < -0.39 is 10.5 Å². The highest BCUT2D eigenvalue weighted by Gasteiger charge is 2.32. The van der Waals surface area contributed by atoms with Gasteiger partial charge in [0.2, 0.25) is 0 Å². The van der Waals surface area contributed by atoms with Crippen LogP contribution in [0.2, 0.25) is 0 Å². The maximum absolute atomic E-state index is 12.7. The number of ether oxygens (including phenoxy) is 1. The highest BCUT2D eigenvalue weighted by Crippen LogP contribution is 2.35. The van der Waals surface area contributed by atoms with Gasteiger partial charge in [-0.2, -0.15) is 0 Å². The Morgan fingerprint density at radius 1 is 1.25 bits per heavy atom. The lowest BCUT2D eigenvalue weighted by Gasteiger charge is -2.37. The number of aryl methyl sites for hydroxylation is 1. The Labute approximate surface area is 139 Å². The molecule has 1 aliphatic heterocycles. The summed E-state index contributed by atoms with van der Waals surface area (Å²) in [5, 5.41) is 12.4. The molecule has 2 heterocycles.